The zero-order valence-electron chi connectivity index (χ0n) is 7.19. The van der Waals surface area contributed by atoms with Crippen molar-refractivity contribution in [1.82, 2.24) is 5.73 Å². The maximum Gasteiger partial charge on any atom is 0.0894 e. The minimum absolute atomic E-state index is 0.170. The van der Waals surface area contributed by atoms with Crippen molar-refractivity contribution in [1.29, 1.82) is 0 Å². The molecule has 0 bridgehead atoms. The lowest BCUT2D eigenvalue weighted by molar-refractivity contribution is 0.449. The third-order valence-electron chi connectivity index (χ3n) is 1.79. The zero-order chi connectivity index (χ0) is 8.36. The molecule has 0 amide bonds. The number of unbranched alkanes of at least 4 members (excludes halogenated alkanes) is 6. The molecule has 0 aromatic heterocycles. The molecule has 0 unspecified atom stereocenters. The first kappa shape index (κ1) is 10.9. The molecule has 0 aromatic carbocycles. The lowest BCUT2D eigenvalue weighted by Gasteiger charge is -1.97. The van der Waals surface area contributed by atoms with Gasteiger partial charge in [0.15, 0.2) is 0 Å². The summed E-state index contributed by atoms with van der Waals surface area (Å²) in [7, 11) is 0. The highest BCUT2D eigenvalue weighted by Gasteiger charge is 1.90. The lowest BCUT2D eigenvalue weighted by Crippen LogP contribution is -1.85. The Labute approximate surface area is 69.2 Å². The lowest BCUT2D eigenvalue weighted by atomic mass is 10.1. The number of halogens is 1. The summed E-state index contributed by atoms with van der Waals surface area (Å²) in [5, 5.41) is 0. The van der Waals surface area contributed by atoms with E-state index in [1.165, 1.54) is 12.8 Å². The van der Waals surface area contributed by atoms with E-state index in [1.54, 1.807) is 0 Å². The summed E-state index contributed by atoms with van der Waals surface area (Å²) in [6.45, 7) is 0.140. The fraction of sp³-hybridized carbons (Fsp3) is 1.00. The molecule has 0 heterocycles. The summed E-state index contributed by atoms with van der Waals surface area (Å²) in [5.41, 5.74) is 8.46. The van der Waals surface area contributed by atoms with Gasteiger partial charge in [-0.3, -0.25) is 4.39 Å². The Morgan fingerprint density at radius 1 is 0.727 bits per heavy atom. The minimum atomic E-state index is -0.170. The summed E-state index contributed by atoms with van der Waals surface area (Å²) in [6.07, 6.45) is 7.31. The first-order valence-corrected chi connectivity index (χ1v) is 4.58. The van der Waals surface area contributed by atoms with Crippen LogP contribution in [0.2, 0.25) is 0 Å². The normalized spacial score (nSPS) is 10.4. The maximum absolute atomic E-state index is 11.6. The molecule has 66 valence electrons. The number of nitrogens with zero attached hydrogens (tertiary/aromatic N) is 1. The van der Waals surface area contributed by atoms with Crippen LogP contribution in [0.5, 0.6) is 0 Å². The van der Waals surface area contributed by atoms with E-state index in [2.05, 4.69) is 0 Å². The van der Waals surface area contributed by atoms with Crippen LogP contribution < -0.4 is 5.73 Å². The summed E-state index contributed by atoms with van der Waals surface area (Å²) in [4.78, 5) is 0. The molecular formula is C9H18FN. The Kier molecular flexibility index (Phi) is 9.79. The van der Waals surface area contributed by atoms with Gasteiger partial charge in [0.1, 0.15) is 0 Å². The molecule has 0 spiro atoms. The molecule has 0 aliphatic carbocycles. The predicted octanol–water partition coefficient (Wildman–Crippen LogP) is 2.76. The first-order chi connectivity index (χ1) is 5.41. The fourth-order valence-corrected chi connectivity index (χ4v) is 1.09. The van der Waals surface area contributed by atoms with Gasteiger partial charge in [0.05, 0.1) is 6.67 Å². The summed E-state index contributed by atoms with van der Waals surface area (Å²) in [5.74, 6) is 0. The van der Waals surface area contributed by atoms with E-state index >= 15 is 0 Å². The SMILES string of the molecule is [N]CCCCCCCCCF. The second kappa shape index (κ2) is 9.89. The molecule has 0 N–H and O–H groups in total. The third-order valence-corrected chi connectivity index (χ3v) is 1.79. The quantitative estimate of drug-likeness (QED) is 0.486. The van der Waals surface area contributed by atoms with E-state index in [0.717, 1.165) is 32.1 Å². The van der Waals surface area contributed by atoms with E-state index < -0.39 is 0 Å². The predicted molar refractivity (Wildman–Crippen MR) is 45.3 cm³/mol. The second-order valence-corrected chi connectivity index (χ2v) is 2.89. The van der Waals surface area contributed by atoms with E-state index in [4.69, 9.17) is 5.73 Å². The largest absolute Gasteiger partial charge is 0.251 e. The highest BCUT2D eigenvalue weighted by molar-refractivity contribution is 4.45. The van der Waals surface area contributed by atoms with Crippen LogP contribution in [0.25, 0.3) is 0 Å². The average molecular weight is 159 g/mol. The molecule has 0 aromatic rings. The van der Waals surface area contributed by atoms with Crippen molar-refractivity contribution in [3.8, 4) is 0 Å². The third kappa shape index (κ3) is 9.89. The molecular weight excluding hydrogens is 141 g/mol. The van der Waals surface area contributed by atoms with Crippen molar-refractivity contribution in [3.63, 3.8) is 0 Å². The van der Waals surface area contributed by atoms with Gasteiger partial charge in [0, 0.05) is 6.54 Å². The van der Waals surface area contributed by atoms with Crippen LogP contribution in [0.15, 0.2) is 0 Å². The number of rotatable bonds is 8. The number of hydrogen-bond donors (Lipinski definition) is 0. The van der Waals surface area contributed by atoms with Gasteiger partial charge in [0.25, 0.3) is 0 Å². The molecule has 0 aliphatic rings. The summed E-state index contributed by atoms with van der Waals surface area (Å²) < 4.78 is 11.6. The summed E-state index contributed by atoms with van der Waals surface area (Å²) >= 11 is 0. The van der Waals surface area contributed by atoms with Gasteiger partial charge < -0.3 is 0 Å². The van der Waals surface area contributed by atoms with Gasteiger partial charge in [-0.1, -0.05) is 32.1 Å². The Balaban J connectivity index is 2.69. The van der Waals surface area contributed by atoms with Gasteiger partial charge in [-0.2, -0.15) is 0 Å². The molecule has 0 aliphatic heterocycles. The van der Waals surface area contributed by atoms with Crippen molar-refractivity contribution in [2.75, 3.05) is 13.2 Å². The molecule has 2 radical (unpaired) electrons. The van der Waals surface area contributed by atoms with E-state index in [0.29, 0.717) is 6.54 Å². The van der Waals surface area contributed by atoms with Crippen LogP contribution in [-0.4, -0.2) is 13.2 Å². The van der Waals surface area contributed by atoms with E-state index in [-0.39, 0.29) is 6.67 Å². The smallest absolute Gasteiger partial charge is 0.0894 e. The van der Waals surface area contributed by atoms with Crippen LogP contribution >= 0.6 is 0 Å². The van der Waals surface area contributed by atoms with Gasteiger partial charge in [-0.25, -0.2) is 0 Å². The molecule has 0 saturated carbocycles. The Morgan fingerprint density at radius 3 is 1.64 bits per heavy atom. The van der Waals surface area contributed by atoms with Crippen molar-refractivity contribution >= 4 is 0 Å². The van der Waals surface area contributed by atoms with Gasteiger partial charge in [0.2, 0.25) is 0 Å². The minimum Gasteiger partial charge on any atom is -0.251 e. The number of alkyl halides is 1. The van der Waals surface area contributed by atoms with Crippen molar-refractivity contribution in [3.05, 3.63) is 0 Å². The summed E-state index contributed by atoms with van der Waals surface area (Å²) in [6, 6.07) is 0. The Morgan fingerprint density at radius 2 is 1.18 bits per heavy atom. The van der Waals surface area contributed by atoms with Crippen molar-refractivity contribution in [2.45, 2.75) is 44.9 Å². The molecule has 1 nitrogen and oxygen atoms in total. The average Bonchev–Trinajstić information content (AvgIpc) is 2.03. The molecule has 0 atom stereocenters. The van der Waals surface area contributed by atoms with Crippen molar-refractivity contribution < 1.29 is 4.39 Å². The highest BCUT2D eigenvalue weighted by atomic mass is 19.1. The molecule has 2 heteroatoms. The van der Waals surface area contributed by atoms with Crippen LogP contribution in [0.3, 0.4) is 0 Å². The molecule has 0 saturated heterocycles. The standard InChI is InChI=1S/C9H18FN/c10-8-6-4-2-1-3-5-7-9-11/h1-9H2. The van der Waals surface area contributed by atoms with Gasteiger partial charge >= 0.3 is 0 Å². The van der Waals surface area contributed by atoms with Crippen LogP contribution in [0.4, 0.5) is 4.39 Å². The van der Waals surface area contributed by atoms with Crippen LogP contribution in [-0.2, 0) is 0 Å². The van der Waals surface area contributed by atoms with E-state index in [1.807, 2.05) is 0 Å². The monoisotopic (exact) mass is 159 g/mol. The highest BCUT2D eigenvalue weighted by Crippen LogP contribution is 2.06. The first-order valence-electron chi connectivity index (χ1n) is 4.58. The Bertz CT molecular complexity index is 58.6. The fourth-order valence-electron chi connectivity index (χ4n) is 1.09. The van der Waals surface area contributed by atoms with Gasteiger partial charge in [-0.05, 0) is 12.8 Å². The Hall–Kier alpha value is -0.110. The topological polar surface area (TPSA) is 22.3 Å². The zero-order valence-corrected chi connectivity index (χ0v) is 7.19. The van der Waals surface area contributed by atoms with Crippen molar-refractivity contribution in [2.24, 2.45) is 0 Å². The second-order valence-electron chi connectivity index (χ2n) is 2.89. The molecule has 0 rings (SSSR count). The molecule has 0 fully saturated rings. The van der Waals surface area contributed by atoms with Crippen LogP contribution in [0.1, 0.15) is 44.9 Å². The molecule has 11 heavy (non-hydrogen) atoms. The maximum atomic E-state index is 11.6. The van der Waals surface area contributed by atoms with Crippen LogP contribution in [0, 0.1) is 0 Å². The number of hydrogen-bond acceptors (Lipinski definition) is 0. The van der Waals surface area contributed by atoms with Gasteiger partial charge in [-0.15, -0.1) is 5.73 Å². The van der Waals surface area contributed by atoms with E-state index in [9.17, 15) is 4.39 Å².